The van der Waals surface area contributed by atoms with Gasteiger partial charge in [0.2, 0.25) is 0 Å². The number of nitriles is 4. The average Bonchev–Trinajstić information content (AvgIpc) is 0.738. The smallest absolute Gasteiger partial charge is 0.179 e. The number of hydrogen-bond acceptors (Lipinski definition) is 4. The Labute approximate surface area is 650 Å². The molecule has 0 unspecified atom stereocenters. The van der Waals surface area contributed by atoms with Gasteiger partial charge in [0.25, 0.3) is 0 Å². The van der Waals surface area contributed by atoms with Crippen LogP contribution in [-0.2, 0) is 32.5 Å². The lowest BCUT2D eigenvalue weighted by Crippen LogP contribution is -2.74. The van der Waals surface area contributed by atoms with Gasteiger partial charge in [-0.1, -0.05) is 404 Å². The van der Waals surface area contributed by atoms with E-state index in [1.807, 2.05) is 78.9 Å². The molecule has 12 aromatic carbocycles. The molecule has 0 N–H and O–H groups in total. The monoisotopic (exact) mass is 1440 g/mol. The third-order valence-corrected chi connectivity index (χ3v) is 28.8. The van der Waals surface area contributed by atoms with E-state index in [-0.39, 0.29) is 32.5 Å². The highest BCUT2D eigenvalue weighted by Gasteiger charge is 2.43. The molecule has 0 aliphatic carbocycles. The van der Waals surface area contributed by atoms with E-state index in [1.165, 1.54) is 63.7 Å². The average molecular weight is 1450 g/mol. The van der Waals surface area contributed by atoms with Crippen LogP contribution in [0.2, 0.25) is 0 Å². The highest BCUT2D eigenvalue weighted by atomic mass is 28.3. The molecule has 0 amide bonds. The molecule has 0 heterocycles. The Morgan fingerprint density at radius 3 is 0.824 bits per heavy atom. The van der Waals surface area contributed by atoms with Gasteiger partial charge >= 0.3 is 0 Å². The highest BCUT2D eigenvalue weighted by molar-refractivity contribution is 7.20. The molecule has 0 saturated heterocycles. The van der Waals surface area contributed by atoms with Crippen LogP contribution in [0.1, 0.15) is 186 Å². The van der Waals surface area contributed by atoms with Gasteiger partial charge in [0.1, 0.15) is 0 Å². The first-order chi connectivity index (χ1) is 51.1. The van der Waals surface area contributed by atoms with E-state index < -0.39 is 16.1 Å². The van der Waals surface area contributed by atoms with Crippen LogP contribution in [0.4, 0.5) is 0 Å². The number of nitrogens with zero attached hydrogens (tertiary/aromatic N) is 4. The normalized spacial score (nSPS) is 11.4. The molecule has 0 aromatic heterocycles. The van der Waals surface area contributed by atoms with E-state index in [2.05, 4.69) is 391 Å². The summed E-state index contributed by atoms with van der Waals surface area (Å²) in [5.41, 5.74) is 11.8. The van der Waals surface area contributed by atoms with Crippen LogP contribution >= 0.6 is 0 Å². The summed E-state index contributed by atoms with van der Waals surface area (Å²) in [7, 11) is -4.79. The van der Waals surface area contributed by atoms with Crippen molar-refractivity contribution in [3.05, 3.63) is 383 Å². The minimum absolute atomic E-state index is 0.0263. The van der Waals surface area contributed by atoms with Crippen molar-refractivity contribution in [2.24, 2.45) is 0 Å². The Hall–Kier alpha value is -11.4. The molecule has 0 bridgehead atoms. The van der Waals surface area contributed by atoms with Crippen molar-refractivity contribution >= 4 is 57.6 Å². The number of terminal acetylenes is 1. The molecule has 0 spiro atoms. The first kappa shape index (κ1) is 83.9. The van der Waals surface area contributed by atoms with E-state index in [1.54, 1.807) is 6.07 Å². The van der Waals surface area contributed by atoms with Crippen LogP contribution in [0.3, 0.4) is 0 Å². The summed E-state index contributed by atoms with van der Waals surface area (Å²) in [5, 5.41) is 46.3. The van der Waals surface area contributed by atoms with E-state index in [0.717, 1.165) is 33.4 Å². The summed E-state index contributed by atoms with van der Waals surface area (Å²) in [5.74, 6) is 2.56. The zero-order valence-corrected chi connectivity index (χ0v) is 69.0. The Kier molecular flexibility index (Phi) is 28.9. The van der Waals surface area contributed by atoms with Gasteiger partial charge in [0.05, 0.1) is 46.5 Å². The molecule has 0 aliphatic heterocycles. The zero-order valence-electron chi connectivity index (χ0n) is 67.0. The molecule has 12 aromatic rings. The number of hydrogen-bond donors (Lipinski definition) is 0. The first-order valence-electron chi connectivity index (χ1n) is 37.2. The second-order valence-corrected chi connectivity index (χ2v) is 41.1. The molecule has 0 radical (unpaired) electrons. The van der Waals surface area contributed by atoms with Crippen molar-refractivity contribution in [3.8, 4) is 36.6 Å². The van der Waals surface area contributed by atoms with Crippen LogP contribution < -0.4 is 41.5 Å². The van der Waals surface area contributed by atoms with Gasteiger partial charge in [-0.3, -0.25) is 0 Å². The van der Waals surface area contributed by atoms with E-state index in [4.69, 9.17) is 27.5 Å². The van der Waals surface area contributed by atoms with Gasteiger partial charge in [0.15, 0.2) is 16.1 Å². The van der Waals surface area contributed by atoms with Gasteiger partial charge in [-0.2, -0.15) is 21.0 Å². The predicted molar refractivity (Wildman–Crippen MR) is 465 cm³/mol. The lowest BCUT2D eigenvalue weighted by molar-refractivity contribution is 0.588. The van der Waals surface area contributed by atoms with Crippen molar-refractivity contribution in [2.45, 2.75) is 157 Å². The summed E-state index contributed by atoms with van der Waals surface area (Å²) in [4.78, 5) is 0. The van der Waals surface area contributed by atoms with Crippen LogP contribution in [0.15, 0.2) is 322 Å². The molecule has 108 heavy (non-hydrogen) atoms. The van der Waals surface area contributed by atoms with Gasteiger partial charge in [-0.05, 0) is 156 Å². The second-order valence-electron chi connectivity index (χ2n) is 33.4. The Morgan fingerprint density at radius 1 is 0.213 bits per heavy atom. The number of rotatable bonds is 8. The van der Waals surface area contributed by atoms with Gasteiger partial charge in [-0.25, -0.2) is 0 Å². The van der Waals surface area contributed by atoms with Crippen molar-refractivity contribution in [2.75, 3.05) is 0 Å². The summed E-state index contributed by atoms with van der Waals surface area (Å²) >= 11 is 0. The molecule has 12 rings (SSSR count). The minimum atomic E-state index is -2.41. The molecule has 0 fully saturated rings. The summed E-state index contributed by atoms with van der Waals surface area (Å²) in [6, 6.07) is 123. The van der Waals surface area contributed by atoms with Crippen LogP contribution in [0.5, 0.6) is 0 Å². The maximum Gasteiger partial charge on any atom is 0.179 e. The van der Waals surface area contributed by atoms with E-state index in [0.29, 0.717) is 5.56 Å². The maximum absolute atomic E-state index is 8.83. The van der Waals surface area contributed by atoms with E-state index >= 15 is 0 Å². The second kappa shape index (κ2) is 37.2. The summed E-state index contributed by atoms with van der Waals surface area (Å²) < 4.78 is 0. The van der Waals surface area contributed by atoms with Crippen LogP contribution in [0.25, 0.3) is 0 Å². The summed E-state index contributed by atoms with van der Waals surface area (Å²) in [6.07, 6.45) is 5.33. The predicted octanol–water partition coefficient (Wildman–Crippen LogP) is 20.1. The lowest BCUT2D eigenvalue weighted by Gasteiger charge is -2.35. The Balaban J connectivity index is 0.000000190. The fourth-order valence-electron chi connectivity index (χ4n) is 13.1. The van der Waals surface area contributed by atoms with Crippen molar-refractivity contribution < 1.29 is 0 Å². The molecular formula is C102H108N4Si2. The van der Waals surface area contributed by atoms with Gasteiger partial charge < -0.3 is 0 Å². The van der Waals surface area contributed by atoms with Crippen LogP contribution in [0, 0.1) is 57.7 Å². The number of benzene rings is 12. The minimum Gasteiger partial charge on any atom is -0.192 e. The molecule has 0 aliphatic rings. The molecule has 544 valence electrons. The lowest BCUT2D eigenvalue weighted by atomic mass is 9.84. The van der Waals surface area contributed by atoms with Crippen molar-refractivity contribution in [1.29, 1.82) is 21.0 Å². The van der Waals surface area contributed by atoms with Crippen molar-refractivity contribution in [1.82, 2.24) is 0 Å². The van der Waals surface area contributed by atoms with Gasteiger partial charge in [-0.15, -0.1) is 6.42 Å². The summed E-state index contributed by atoms with van der Waals surface area (Å²) in [6.45, 7) is 39.3. The SMILES string of the molecule is C#Cc1cc(C#N)cc(C(C)(C)C)c1.CC(C)(C)c1ccc(C#N)cc1.CC(C)(C)c1ccc([Si](c2ccccc2)(c2ccccc2)c2ccccc2)cc1.CC(C)(C)c1cccc(C#N)c1.CC(C)(C)c1cccc([Si](c2ccccc2)(c2ccccc2)c2ccccc2)c1.CC(C)(C)c1ccccc1C#N. The van der Waals surface area contributed by atoms with Crippen LogP contribution in [-0.4, -0.2) is 16.1 Å². The zero-order chi connectivity index (χ0) is 79.0. The Morgan fingerprint density at radius 2 is 0.500 bits per heavy atom. The first-order valence-corrected chi connectivity index (χ1v) is 41.2. The largest absolute Gasteiger partial charge is 0.192 e. The molecule has 0 atom stereocenters. The topological polar surface area (TPSA) is 95.2 Å². The third-order valence-electron chi connectivity index (χ3n) is 19.3. The molecular weight excluding hydrogens is 1340 g/mol. The maximum atomic E-state index is 8.83. The molecule has 0 saturated carbocycles. The fourth-order valence-corrected chi connectivity index (χ4v) is 22.7. The van der Waals surface area contributed by atoms with E-state index in [9.17, 15) is 0 Å². The van der Waals surface area contributed by atoms with Crippen molar-refractivity contribution in [3.63, 3.8) is 0 Å². The quantitative estimate of drug-likeness (QED) is 0.0860. The molecule has 4 nitrogen and oxygen atoms in total. The highest BCUT2D eigenvalue weighted by Crippen LogP contribution is 2.29. The standard InChI is InChI=1S/2C28H28Si.C13H13N.3C11H13N/c1-28(2,3)23-14-13-21-27(22-23)29(24-15-7-4-8-16-24,25-17-9-5-10-18-25)26-19-11-6-12-20-26;1-28(2,3)23-19-21-27(22-20-23)29(24-13-7-4-8-14-24,25-15-9-5-10-16-25)26-17-11-6-12-18-26;1-5-10-6-11(9-14)8-12(7-10)13(2,3)4;1-11(2,3)10-6-4-9(8-12)5-7-10;1-11(2,3)10-6-4-5-9(7-10)8-12;1-11(2,3)10-7-5-4-6-9(10)8-12/h2*4-22H,1-3H3;1,6-8H,2-4H3;3*4-7H,1-3H3. The van der Waals surface area contributed by atoms with Gasteiger partial charge in [0, 0.05) is 5.56 Å². The molecule has 6 heteroatoms. The fraction of sp³-hybridized carbons (Fsp3) is 0.235. The Bertz CT molecular complexity index is 4800. The third kappa shape index (κ3) is 22.1.